The fourth-order valence-corrected chi connectivity index (χ4v) is 1.41. The van der Waals surface area contributed by atoms with E-state index in [0.717, 1.165) is 19.6 Å². The number of ether oxygens (including phenoxy) is 1. The summed E-state index contributed by atoms with van der Waals surface area (Å²) in [5.74, 6) is 1.16. The van der Waals surface area contributed by atoms with E-state index in [4.69, 9.17) is 9.84 Å². The van der Waals surface area contributed by atoms with Crippen molar-refractivity contribution in [2.75, 3.05) is 19.8 Å². The summed E-state index contributed by atoms with van der Waals surface area (Å²) in [5, 5.41) is 8.75. The van der Waals surface area contributed by atoms with Gasteiger partial charge in [0.1, 0.15) is 0 Å². The van der Waals surface area contributed by atoms with E-state index in [9.17, 15) is 0 Å². The molecule has 0 amide bonds. The Balaban J connectivity index is 2.11. The largest absolute Gasteiger partial charge is 0.396 e. The second-order valence-corrected chi connectivity index (χ2v) is 3.25. The molecule has 2 nitrogen and oxygen atoms in total. The molecular weight excluding hydrogens is 128 g/mol. The predicted octanol–water partition coefficient (Wildman–Crippen LogP) is 1.04. The summed E-state index contributed by atoms with van der Waals surface area (Å²) in [5.41, 5.74) is 0. The van der Waals surface area contributed by atoms with E-state index in [1.807, 2.05) is 0 Å². The first kappa shape index (κ1) is 8.02. The number of hydrogen-bond acceptors (Lipinski definition) is 2. The van der Waals surface area contributed by atoms with Gasteiger partial charge in [0.25, 0.3) is 0 Å². The molecule has 0 aromatic heterocycles. The molecule has 2 unspecified atom stereocenters. The molecule has 0 saturated carbocycles. The van der Waals surface area contributed by atoms with Gasteiger partial charge in [-0.2, -0.15) is 0 Å². The maximum atomic E-state index is 8.75. The Morgan fingerprint density at radius 2 is 2.50 bits per heavy atom. The molecule has 2 atom stereocenters. The Morgan fingerprint density at radius 1 is 1.70 bits per heavy atom. The quantitative estimate of drug-likeness (QED) is 0.641. The molecule has 1 N–H and O–H groups in total. The van der Waals surface area contributed by atoms with E-state index in [0.29, 0.717) is 18.4 Å². The van der Waals surface area contributed by atoms with Gasteiger partial charge in [-0.15, -0.1) is 0 Å². The molecule has 1 saturated heterocycles. The first-order valence-electron chi connectivity index (χ1n) is 4.01. The third-order valence-corrected chi connectivity index (χ3v) is 2.07. The van der Waals surface area contributed by atoms with E-state index < -0.39 is 0 Å². The minimum Gasteiger partial charge on any atom is -0.396 e. The van der Waals surface area contributed by atoms with Crippen molar-refractivity contribution < 1.29 is 9.84 Å². The predicted molar refractivity (Wildman–Crippen MR) is 39.8 cm³/mol. The summed E-state index contributed by atoms with van der Waals surface area (Å²) in [6, 6.07) is 0. The fourth-order valence-electron chi connectivity index (χ4n) is 1.41. The summed E-state index contributed by atoms with van der Waals surface area (Å²) in [4.78, 5) is 0. The van der Waals surface area contributed by atoms with Crippen LogP contribution in [0.3, 0.4) is 0 Å². The van der Waals surface area contributed by atoms with Crippen LogP contribution in [-0.4, -0.2) is 24.9 Å². The van der Waals surface area contributed by atoms with Crippen LogP contribution in [0.2, 0.25) is 0 Å². The van der Waals surface area contributed by atoms with E-state index in [1.165, 1.54) is 6.42 Å². The van der Waals surface area contributed by atoms with Crippen molar-refractivity contribution in [3.05, 3.63) is 0 Å². The number of aliphatic hydroxyl groups is 1. The third kappa shape index (κ3) is 2.27. The van der Waals surface area contributed by atoms with Crippen LogP contribution < -0.4 is 0 Å². The van der Waals surface area contributed by atoms with Gasteiger partial charge >= 0.3 is 0 Å². The lowest BCUT2D eigenvalue weighted by Gasteiger charge is -2.11. The van der Waals surface area contributed by atoms with Crippen molar-refractivity contribution in [3.63, 3.8) is 0 Å². The third-order valence-electron chi connectivity index (χ3n) is 2.07. The minimum absolute atomic E-state index is 0.316. The van der Waals surface area contributed by atoms with Crippen LogP contribution >= 0.6 is 0 Å². The van der Waals surface area contributed by atoms with Crippen molar-refractivity contribution in [1.29, 1.82) is 0 Å². The summed E-state index contributed by atoms with van der Waals surface area (Å²) in [6.45, 7) is 4.22. The molecule has 1 fully saturated rings. The van der Waals surface area contributed by atoms with Crippen LogP contribution in [0.4, 0.5) is 0 Å². The lowest BCUT2D eigenvalue weighted by Crippen LogP contribution is -2.09. The Bertz CT molecular complexity index is 87.3. The lowest BCUT2D eigenvalue weighted by molar-refractivity contribution is 0.169. The number of aliphatic hydroxyl groups excluding tert-OH is 1. The highest BCUT2D eigenvalue weighted by molar-refractivity contribution is 4.66. The van der Waals surface area contributed by atoms with Gasteiger partial charge in [-0.3, -0.25) is 0 Å². The first-order valence-corrected chi connectivity index (χ1v) is 4.01. The van der Waals surface area contributed by atoms with Crippen molar-refractivity contribution in [2.24, 2.45) is 11.8 Å². The highest BCUT2D eigenvalue weighted by Crippen LogP contribution is 2.20. The zero-order valence-corrected chi connectivity index (χ0v) is 6.55. The second-order valence-electron chi connectivity index (χ2n) is 3.25. The molecular formula is C8H16O2. The Kier molecular flexibility index (Phi) is 3.16. The molecule has 0 aromatic carbocycles. The first-order chi connectivity index (χ1) is 4.83. The Labute approximate surface area is 62.2 Å². The fraction of sp³-hybridized carbons (Fsp3) is 1.00. The Morgan fingerprint density at radius 3 is 3.00 bits per heavy atom. The van der Waals surface area contributed by atoms with Gasteiger partial charge in [-0.05, 0) is 24.7 Å². The zero-order chi connectivity index (χ0) is 7.40. The van der Waals surface area contributed by atoms with E-state index in [-0.39, 0.29) is 0 Å². The van der Waals surface area contributed by atoms with Crippen LogP contribution in [-0.2, 0) is 4.74 Å². The molecule has 1 rings (SSSR count). The van der Waals surface area contributed by atoms with Crippen LogP contribution in [0.25, 0.3) is 0 Å². The highest BCUT2D eigenvalue weighted by Gasteiger charge is 2.17. The topological polar surface area (TPSA) is 29.5 Å². The van der Waals surface area contributed by atoms with E-state index in [1.54, 1.807) is 0 Å². The van der Waals surface area contributed by atoms with E-state index >= 15 is 0 Å². The molecule has 0 aromatic rings. The molecule has 60 valence electrons. The van der Waals surface area contributed by atoms with Gasteiger partial charge in [0, 0.05) is 19.8 Å². The van der Waals surface area contributed by atoms with Crippen LogP contribution in [0, 0.1) is 11.8 Å². The van der Waals surface area contributed by atoms with Crippen LogP contribution in [0.1, 0.15) is 19.8 Å². The average molecular weight is 144 g/mol. The van der Waals surface area contributed by atoms with Crippen molar-refractivity contribution >= 4 is 0 Å². The molecule has 0 spiro atoms. The van der Waals surface area contributed by atoms with Crippen molar-refractivity contribution in [3.8, 4) is 0 Å². The molecule has 1 heterocycles. The molecule has 1 aliphatic heterocycles. The van der Waals surface area contributed by atoms with Gasteiger partial charge in [-0.25, -0.2) is 0 Å². The smallest absolute Gasteiger partial charge is 0.0495 e. The summed E-state index contributed by atoms with van der Waals surface area (Å²) >= 11 is 0. The number of hydrogen-bond donors (Lipinski definition) is 1. The second kappa shape index (κ2) is 3.94. The maximum Gasteiger partial charge on any atom is 0.0495 e. The summed E-state index contributed by atoms with van der Waals surface area (Å²) in [7, 11) is 0. The normalized spacial score (nSPS) is 28.8. The molecule has 0 bridgehead atoms. The highest BCUT2D eigenvalue weighted by atomic mass is 16.5. The number of rotatable bonds is 3. The zero-order valence-electron chi connectivity index (χ0n) is 6.55. The molecule has 0 aliphatic carbocycles. The monoisotopic (exact) mass is 144 g/mol. The molecule has 2 heteroatoms. The van der Waals surface area contributed by atoms with Gasteiger partial charge in [0.15, 0.2) is 0 Å². The molecule has 0 radical (unpaired) electrons. The summed E-state index contributed by atoms with van der Waals surface area (Å²) in [6.07, 6.45) is 2.31. The minimum atomic E-state index is 0.316. The van der Waals surface area contributed by atoms with Gasteiger partial charge < -0.3 is 9.84 Å². The van der Waals surface area contributed by atoms with Crippen molar-refractivity contribution in [1.82, 2.24) is 0 Å². The molecule has 1 aliphatic rings. The molecule has 10 heavy (non-hydrogen) atoms. The maximum absolute atomic E-state index is 8.75. The summed E-state index contributed by atoms with van der Waals surface area (Å²) < 4.78 is 5.22. The average Bonchev–Trinajstić information content (AvgIpc) is 2.40. The van der Waals surface area contributed by atoms with Gasteiger partial charge in [-0.1, -0.05) is 6.92 Å². The standard InChI is InChI=1S/C8H16O2/c1-7(5-9)4-8-2-3-10-6-8/h7-9H,2-6H2,1H3. The lowest BCUT2D eigenvalue weighted by atomic mass is 9.96. The van der Waals surface area contributed by atoms with Crippen molar-refractivity contribution in [2.45, 2.75) is 19.8 Å². The SMILES string of the molecule is CC(CO)CC1CCOC1. The van der Waals surface area contributed by atoms with Gasteiger partial charge in [0.2, 0.25) is 0 Å². The van der Waals surface area contributed by atoms with E-state index in [2.05, 4.69) is 6.92 Å². The van der Waals surface area contributed by atoms with Gasteiger partial charge in [0.05, 0.1) is 0 Å². The van der Waals surface area contributed by atoms with Crippen LogP contribution in [0.5, 0.6) is 0 Å². The van der Waals surface area contributed by atoms with Crippen LogP contribution in [0.15, 0.2) is 0 Å². The Hall–Kier alpha value is -0.0800.